The number of carbonyl (C=O) groups excluding carboxylic acids is 1. The monoisotopic (exact) mass is 506 g/mol. The van der Waals surface area contributed by atoms with Crippen LogP contribution in [0.2, 0.25) is 0 Å². The van der Waals surface area contributed by atoms with Crippen molar-refractivity contribution in [1.82, 2.24) is 14.5 Å². The van der Waals surface area contributed by atoms with Gasteiger partial charge in [-0.2, -0.15) is 0 Å². The van der Waals surface area contributed by atoms with Gasteiger partial charge in [-0.05, 0) is 6.07 Å². The fraction of sp³-hybridized carbons (Fsp3) is 0.417. The number of ether oxygens (including phenoxy) is 4. The molecular weight excluding hydrogens is 478 g/mol. The molecule has 0 saturated carbocycles. The third kappa shape index (κ3) is 6.46. The van der Waals surface area contributed by atoms with Gasteiger partial charge in [-0.15, -0.1) is 0 Å². The summed E-state index contributed by atoms with van der Waals surface area (Å²) in [6.07, 6.45) is 2.07. The number of aryl methyl sites for hydroxylation is 1. The van der Waals surface area contributed by atoms with Gasteiger partial charge in [0.15, 0.2) is 12.6 Å². The van der Waals surface area contributed by atoms with E-state index >= 15 is 0 Å². The molecule has 0 atom stereocenters. The summed E-state index contributed by atoms with van der Waals surface area (Å²) < 4.78 is 48.0. The van der Waals surface area contributed by atoms with Crippen LogP contribution in [0.3, 0.4) is 0 Å². The number of fused-ring (bicyclic) bond motifs is 2. The van der Waals surface area contributed by atoms with Gasteiger partial charge < -0.3 is 28.4 Å². The maximum Gasteiger partial charge on any atom is 0.251 e. The van der Waals surface area contributed by atoms with E-state index in [-0.39, 0.29) is 24.6 Å². The second kappa shape index (κ2) is 12.6. The van der Waals surface area contributed by atoms with Gasteiger partial charge in [0, 0.05) is 59.5 Å². The van der Waals surface area contributed by atoms with Gasteiger partial charge in [-0.1, -0.05) is 0 Å². The molecule has 1 aliphatic heterocycles. The predicted octanol–water partition coefficient (Wildman–Crippen LogP) is 2.27. The molecule has 0 radical (unpaired) electrons. The maximum atomic E-state index is 13.2. The Bertz CT molecular complexity index is 1250. The minimum Gasteiger partial charge on any atom is -0.354 e. The van der Waals surface area contributed by atoms with Gasteiger partial charge in [0.2, 0.25) is 5.91 Å². The normalized spacial score (nSPS) is 13.2. The summed E-state index contributed by atoms with van der Waals surface area (Å²) in [4.78, 5) is 33.1. The molecule has 1 aliphatic rings. The van der Waals surface area contributed by atoms with Crippen LogP contribution in [0.4, 0.5) is 14.5 Å². The minimum atomic E-state index is -0.573. The molecule has 0 bridgehead atoms. The summed E-state index contributed by atoms with van der Waals surface area (Å²) in [6.45, 7) is 0.401. The van der Waals surface area contributed by atoms with Crippen molar-refractivity contribution in [3.05, 3.63) is 64.3 Å². The summed E-state index contributed by atoms with van der Waals surface area (Å²) in [5.41, 5.74) is 1.94. The lowest BCUT2D eigenvalue weighted by Gasteiger charge is -2.30. The first-order valence-electron chi connectivity index (χ1n) is 11.0. The van der Waals surface area contributed by atoms with Crippen LogP contribution in [0.25, 0.3) is 11.0 Å². The zero-order chi connectivity index (χ0) is 26.2. The summed E-state index contributed by atoms with van der Waals surface area (Å²) >= 11 is 0. The summed E-state index contributed by atoms with van der Waals surface area (Å²) in [7, 11) is 5.94. The molecule has 0 aromatic carbocycles. The molecular formula is C24H28F2N4O6. The average Bonchev–Trinajstić information content (AvgIpc) is 2.88. The first-order valence-corrected chi connectivity index (χ1v) is 11.0. The van der Waals surface area contributed by atoms with Crippen LogP contribution in [0.1, 0.15) is 12.1 Å². The Hall–Kier alpha value is -3.32. The van der Waals surface area contributed by atoms with Crippen molar-refractivity contribution < 1.29 is 32.5 Å². The quantitative estimate of drug-likeness (QED) is 0.429. The molecule has 4 heterocycles. The van der Waals surface area contributed by atoms with E-state index in [2.05, 4.69) is 9.97 Å². The molecule has 0 fully saturated rings. The number of amides is 1. The number of pyridine rings is 3. The summed E-state index contributed by atoms with van der Waals surface area (Å²) in [6, 6.07) is 5.53. The average molecular weight is 507 g/mol. The molecule has 194 valence electrons. The van der Waals surface area contributed by atoms with Gasteiger partial charge in [0.05, 0.1) is 47.9 Å². The van der Waals surface area contributed by atoms with Crippen LogP contribution < -0.4 is 10.5 Å². The van der Waals surface area contributed by atoms with Gasteiger partial charge in [-0.3, -0.25) is 19.6 Å². The van der Waals surface area contributed by atoms with Crippen LogP contribution in [-0.4, -0.2) is 68.0 Å². The zero-order valence-electron chi connectivity index (χ0n) is 20.4. The lowest BCUT2D eigenvalue weighted by molar-refractivity contribution is -0.123. The number of anilines is 1. The van der Waals surface area contributed by atoms with E-state index in [1.165, 1.54) is 56.1 Å². The van der Waals surface area contributed by atoms with Gasteiger partial charge in [0.1, 0.15) is 11.6 Å². The van der Waals surface area contributed by atoms with E-state index in [1.54, 1.807) is 6.07 Å². The maximum absolute atomic E-state index is 13.2. The van der Waals surface area contributed by atoms with Crippen molar-refractivity contribution >= 4 is 22.6 Å². The summed E-state index contributed by atoms with van der Waals surface area (Å²) in [5.74, 6) is -1.03. The highest BCUT2D eigenvalue weighted by Gasteiger charge is 2.27. The molecule has 36 heavy (non-hydrogen) atoms. The van der Waals surface area contributed by atoms with Crippen LogP contribution in [0.15, 0.2) is 41.5 Å². The first kappa shape index (κ1) is 27.3. The number of halogens is 2. The van der Waals surface area contributed by atoms with Crippen LogP contribution in [0.5, 0.6) is 0 Å². The number of nitrogens with zero attached hydrogens (tertiary/aromatic N) is 4. The Morgan fingerprint density at radius 2 is 1.47 bits per heavy atom. The van der Waals surface area contributed by atoms with Gasteiger partial charge in [0.25, 0.3) is 5.56 Å². The van der Waals surface area contributed by atoms with E-state index < -0.39 is 24.2 Å². The van der Waals surface area contributed by atoms with E-state index in [9.17, 15) is 18.4 Å². The Kier molecular flexibility index (Phi) is 9.53. The number of carbonyl (C=O) groups is 1. The molecule has 0 saturated heterocycles. The molecule has 12 heteroatoms. The molecule has 0 N–H and O–H groups in total. The van der Waals surface area contributed by atoms with Crippen LogP contribution >= 0.6 is 0 Å². The Morgan fingerprint density at radius 1 is 0.861 bits per heavy atom. The largest absolute Gasteiger partial charge is 0.354 e. The third-order valence-electron chi connectivity index (χ3n) is 5.60. The lowest BCUT2D eigenvalue weighted by atomic mass is 10.1. The number of aromatic nitrogens is 3. The number of rotatable bonds is 8. The lowest BCUT2D eigenvalue weighted by Crippen LogP contribution is -2.42. The van der Waals surface area contributed by atoms with Crippen molar-refractivity contribution in [3.8, 4) is 0 Å². The van der Waals surface area contributed by atoms with Crippen molar-refractivity contribution in [1.29, 1.82) is 0 Å². The second-order valence-electron chi connectivity index (χ2n) is 7.77. The molecule has 4 rings (SSSR count). The zero-order valence-corrected chi connectivity index (χ0v) is 20.4. The van der Waals surface area contributed by atoms with Crippen LogP contribution in [-0.2, 0) is 36.7 Å². The van der Waals surface area contributed by atoms with E-state index in [1.807, 2.05) is 0 Å². The fourth-order valence-corrected chi connectivity index (χ4v) is 3.70. The highest BCUT2D eigenvalue weighted by Crippen LogP contribution is 2.27. The Morgan fingerprint density at radius 3 is 2.14 bits per heavy atom. The SMILES string of the molecule is COC(CN1C(=O)CCc2ncc(F)cc21)OC.COC(Cn1c(=O)ccc2ncc(F)cc21)OC. The minimum absolute atomic E-state index is 0.0750. The van der Waals surface area contributed by atoms with Crippen molar-refractivity contribution in [3.63, 3.8) is 0 Å². The van der Waals surface area contributed by atoms with Crippen LogP contribution in [0, 0.1) is 11.6 Å². The molecule has 1 amide bonds. The standard InChI is InChI=1S/C12H15FN2O3.C12H13FN2O3/c2*1-17-12(18-2)7-15-10-5-8(13)6-14-9(10)3-4-11(15)16/h5-6,12H,3-4,7H2,1-2H3;3-6,12H,7H2,1-2H3. The third-order valence-corrected chi connectivity index (χ3v) is 5.60. The number of methoxy groups -OCH3 is 4. The highest BCUT2D eigenvalue weighted by atomic mass is 19.1. The van der Waals surface area contributed by atoms with E-state index in [0.29, 0.717) is 29.6 Å². The molecule has 3 aromatic heterocycles. The fourth-order valence-electron chi connectivity index (χ4n) is 3.70. The molecule has 0 aliphatic carbocycles. The predicted molar refractivity (Wildman–Crippen MR) is 126 cm³/mol. The molecule has 3 aromatic rings. The van der Waals surface area contributed by atoms with Crippen molar-refractivity contribution in [2.75, 3.05) is 39.9 Å². The van der Waals surface area contributed by atoms with Gasteiger partial charge >= 0.3 is 0 Å². The Labute approximate surface area is 206 Å². The summed E-state index contributed by atoms with van der Waals surface area (Å²) in [5, 5.41) is 0. The number of hydrogen-bond acceptors (Lipinski definition) is 8. The Balaban J connectivity index is 0.000000201. The number of hydrogen-bond donors (Lipinski definition) is 0. The van der Waals surface area contributed by atoms with Gasteiger partial charge in [-0.25, -0.2) is 8.78 Å². The topological polar surface area (TPSA) is 105 Å². The smallest absolute Gasteiger partial charge is 0.251 e. The second-order valence-corrected chi connectivity index (χ2v) is 7.77. The van der Waals surface area contributed by atoms with E-state index in [0.717, 1.165) is 18.1 Å². The van der Waals surface area contributed by atoms with Crippen molar-refractivity contribution in [2.24, 2.45) is 0 Å². The first-order chi connectivity index (χ1) is 17.3. The van der Waals surface area contributed by atoms with Crippen molar-refractivity contribution in [2.45, 2.75) is 32.0 Å². The van der Waals surface area contributed by atoms with E-state index in [4.69, 9.17) is 18.9 Å². The molecule has 10 nitrogen and oxygen atoms in total. The highest BCUT2D eigenvalue weighted by molar-refractivity contribution is 5.96. The molecule has 0 unspecified atom stereocenters. The molecule has 0 spiro atoms.